The molecule has 1 aliphatic carbocycles. The summed E-state index contributed by atoms with van der Waals surface area (Å²) in [4.78, 5) is 35.5. The first-order valence-corrected chi connectivity index (χ1v) is 8.61. The van der Waals surface area contributed by atoms with Crippen LogP contribution in [0.2, 0.25) is 0 Å². The molecule has 2 amide bonds. The lowest BCUT2D eigenvalue weighted by atomic mass is 9.71. The number of carboxylic acid groups (broad SMARTS) is 1. The molecule has 0 spiro atoms. The van der Waals surface area contributed by atoms with Gasteiger partial charge in [-0.05, 0) is 31.6 Å². The van der Waals surface area contributed by atoms with Crippen molar-refractivity contribution in [3.05, 3.63) is 0 Å². The Balaban J connectivity index is 2.50. The largest absolute Gasteiger partial charge is 0.480 e. The van der Waals surface area contributed by atoms with Crippen molar-refractivity contribution >= 4 is 17.8 Å². The molecule has 23 heavy (non-hydrogen) atoms. The third-order valence-electron chi connectivity index (χ3n) is 4.72. The monoisotopic (exact) mass is 326 g/mol. The van der Waals surface area contributed by atoms with Gasteiger partial charge in [-0.3, -0.25) is 9.59 Å². The molecule has 0 aliphatic heterocycles. The first kappa shape index (κ1) is 19.5. The molecule has 0 aromatic carbocycles. The molecular weight excluding hydrogens is 296 g/mol. The highest BCUT2D eigenvalue weighted by molar-refractivity contribution is 5.89. The maximum Gasteiger partial charge on any atom is 0.326 e. The van der Waals surface area contributed by atoms with Gasteiger partial charge in [0.2, 0.25) is 11.8 Å². The topological polar surface area (TPSA) is 95.5 Å². The quantitative estimate of drug-likeness (QED) is 0.636. The van der Waals surface area contributed by atoms with Gasteiger partial charge in [0.1, 0.15) is 6.04 Å². The van der Waals surface area contributed by atoms with Crippen LogP contribution < -0.4 is 10.6 Å². The van der Waals surface area contributed by atoms with E-state index < -0.39 is 17.9 Å². The molecule has 1 fully saturated rings. The molecule has 3 N–H and O–H groups in total. The van der Waals surface area contributed by atoms with Crippen molar-refractivity contribution in [2.75, 3.05) is 6.54 Å². The fraction of sp³-hybridized carbons (Fsp3) is 0.824. The Hall–Kier alpha value is -1.59. The zero-order valence-electron chi connectivity index (χ0n) is 14.5. The van der Waals surface area contributed by atoms with Crippen LogP contribution in [0.3, 0.4) is 0 Å². The Morgan fingerprint density at radius 1 is 1.13 bits per heavy atom. The molecule has 0 bridgehead atoms. The Labute approximate surface area is 138 Å². The van der Waals surface area contributed by atoms with E-state index in [1.54, 1.807) is 0 Å². The summed E-state index contributed by atoms with van der Waals surface area (Å²) in [6.45, 7) is 5.65. The van der Waals surface area contributed by atoms with E-state index in [-0.39, 0.29) is 23.8 Å². The molecule has 0 unspecified atom stereocenters. The fourth-order valence-electron chi connectivity index (χ4n) is 3.26. The van der Waals surface area contributed by atoms with Gasteiger partial charge >= 0.3 is 5.97 Å². The number of carbonyl (C=O) groups excluding carboxylic acids is 2. The van der Waals surface area contributed by atoms with Crippen molar-refractivity contribution in [3.8, 4) is 0 Å². The Morgan fingerprint density at radius 3 is 2.22 bits per heavy atom. The standard InChI is InChI=1S/C17H30N2O4/c1-4-17(8-6-5-7-9-17)16(23)18-11-14(20)19-13(15(21)22)10-12(2)3/h12-13H,4-11H2,1-3H3,(H,18,23)(H,19,20)(H,21,22)/t13-/m0/s1. The molecule has 6 heteroatoms. The van der Waals surface area contributed by atoms with Gasteiger partial charge in [-0.25, -0.2) is 4.79 Å². The van der Waals surface area contributed by atoms with Crippen LogP contribution in [0.1, 0.15) is 65.7 Å². The van der Waals surface area contributed by atoms with Crippen molar-refractivity contribution in [3.63, 3.8) is 0 Å². The van der Waals surface area contributed by atoms with Gasteiger partial charge in [0, 0.05) is 5.41 Å². The summed E-state index contributed by atoms with van der Waals surface area (Å²) in [6, 6.07) is -0.908. The van der Waals surface area contributed by atoms with E-state index >= 15 is 0 Å². The summed E-state index contributed by atoms with van der Waals surface area (Å²) in [5.74, 6) is -1.41. The number of hydrogen-bond donors (Lipinski definition) is 3. The van der Waals surface area contributed by atoms with E-state index in [1.165, 1.54) is 0 Å². The number of nitrogens with one attached hydrogen (secondary N) is 2. The number of rotatable bonds is 8. The van der Waals surface area contributed by atoms with E-state index in [9.17, 15) is 14.4 Å². The molecule has 0 aromatic rings. The zero-order chi connectivity index (χ0) is 17.5. The highest BCUT2D eigenvalue weighted by Gasteiger charge is 2.37. The molecule has 0 radical (unpaired) electrons. The minimum absolute atomic E-state index is 0.0782. The van der Waals surface area contributed by atoms with E-state index in [2.05, 4.69) is 10.6 Å². The third kappa shape index (κ3) is 5.84. The second kappa shape index (κ2) is 8.89. The first-order chi connectivity index (χ1) is 10.8. The van der Waals surface area contributed by atoms with E-state index in [4.69, 9.17) is 5.11 Å². The number of hydrogen-bond acceptors (Lipinski definition) is 3. The van der Waals surface area contributed by atoms with Gasteiger partial charge in [-0.15, -0.1) is 0 Å². The minimum Gasteiger partial charge on any atom is -0.480 e. The maximum atomic E-state index is 12.4. The molecule has 1 aliphatic rings. The molecule has 0 heterocycles. The zero-order valence-corrected chi connectivity index (χ0v) is 14.5. The Bertz CT molecular complexity index is 428. The second-order valence-electron chi connectivity index (χ2n) is 6.97. The van der Waals surface area contributed by atoms with Crippen molar-refractivity contribution in [2.45, 2.75) is 71.8 Å². The number of amides is 2. The van der Waals surface area contributed by atoms with Crippen molar-refractivity contribution in [2.24, 2.45) is 11.3 Å². The van der Waals surface area contributed by atoms with Crippen molar-refractivity contribution < 1.29 is 19.5 Å². The van der Waals surface area contributed by atoms with E-state index in [0.717, 1.165) is 38.5 Å². The lowest BCUT2D eigenvalue weighted by molar-refractivity contribution is -0.142. The minimum atomic E-state index is -1.05. The van der Waals surface area contributed by atoms with Crippen LogP contribution in [0.25, 0.3) is 0 Å². The number of carbonyl (C=O) groups is 3. The van der Waals surface area contributed by atoms with Crippen molar-refractivity contribution in [1.29, 1.82) is 0 Å². The highest BCUT2D eigenvalue weighted by atomic mass is 16.4. The Morgan fingerprint density at radius 2 is 1.74 bits per heavy atom. The Kier molecular flexibility index (Phi) is 7.52. The second-order valence-corrected chi connectivity index (χ2v) is 6.97. The molecule has 0 saturated heterocycles. The van der Waals surface area contributed by atoms with Gasteiger partial charge in [-0.1, -0.05) is 40.0 Å². The van der Waals surface area contributed by atoms with Crippen LogP contribution in [0.4, 0.5) is 0 Å². The van der Waals surface area contributed by atoms with E-state index in [1.807, 2.05) is 20.8 Å². The van der Waals surface area contributed by atoms with Crippen LogP contribution in [-0.4, -0.2) is 35.5 Å². The molecule has 0 aromatic heterocycles. The molecular formula is C17H30N2O4. The van der Waals surface area contributed by atoms with Gasteiger partial charge in [0.25, 0.3) is 0 Å². The smallest absolute Gasteiger partial charge is 0.326 e. The lowest BCUT2D eigenvalue weighted by Crippen LogP contribution is -2.49. The highest BCUT2D eigenvalue weighted by Crippen LogP contribution is 2.39. The number of aliphatic carboxylic acids is 1. The normalized spacial score (nSPS) is 18.3. The van der Waals surface area contributed by atoms with Crippen LogP contribution in [0.5, 0.6) is 0 Å². The lowest BCUT2D eigenvalue weighted by Gasteiger charge is -2.34. The summed E-state index contributed by atoms with van der Waals surface area (Å²) >= 11 is 0. The van der Waals surface area contributed by atoms with Crippen molar-refractivity contribution in [1.82, 2.24) is 10.6 Å². The van der Waals surface area contributed by atoms with E-state index in [0.29, 0.717) is 6.42 Å². The predicted octanol–water partition coefficient (Wildman–Crippen LogP) is 2.08. The fourth-order valence-corrected chi connectivity index (χ4v) is 3.26. The summed E-state index contributed by atoms with van der Waals surface area (Å²) in [6.07, 6.45) is 6.11. The average molecular weight is 326 g/mol. The van der Waals surface area contributed by atoms with Gasteiger partial charge in [0.05, 0.1) is 6.54 Å². The maximum absolute atomic E-state index is 12.4. The summed E-state index contributed by atoms with van der Waals surface area (Å²) < 4.78 is 0. The number of carboxylic acids is 1. The van der Waals surface area contributed by atoms with Crippen LogP contribution in [-0.2, 0) is 14.4 Å². The third-order valence-corrected chi connectivity index (χ3v) is 4.72. The van der Waals surface area contributed by atoms with Gasteiger partial charge in [-0.2, -0.15) is 0 Å². The summed E-state index contributed by atoms with van der Waals surface area (Å²) in [7, 11) is 0. The van der Waals surface area contributed by atoms with Crippen LogP contribution in [0.15, 0.2) is 0 Å². The molecule has 1 atom stereocenters. The molecule has 132 valence electrons. The molecule has 1 rings (SSSR count). The van der Waals surface area contributed by atoms with Gasteiger partial charge < -0.3 is 15.7 Å². The van der Waals surface area contributed by atoms with Crippen LogP contribution >= 0.6 is 0 Å². The molecule has 6 nitrogen and oxygen atoms in total. The predicted molar refractivity (Wildman–Crippen MR) is 87.8 cm³/mol. The van der Waals surface area contributed by atoms with Gasteiger partial charge in [0.15, 0.2) is 0 Å². The SMILES string of the molecule is CCC1(C(=O)NCC(=O)N[C@@H](CC(C)C)C(=O)O)CCCCC1. The average Bonchev–Trinajstić information content (AvgIpc) is 2.52. The summed E-state index contributed by atoms with van der Waals surface area (Å²) in [5, 5.41) is 14.3. The summed E-state index contributed by atoms with van der Waals surface area (Å²) in [5.41, 5.74) is -0.358. The van der Waals surface area contributed by atoms with Crippen LogP contribution in [0, 0.1) is 11.3 Å². The molecule has 1 saturated carbocycles. The first-order valence-electron chi connectivity index (χ1n) is 8.61.